The number of thiazole rings is 1. The molecule has 20 heavy (non-hydrogen) atoms. The smallest absolute Gasteiger partial charge is 0.139 e. The van der Waals surface area contributed by atoms with Crippen LogP contribution in [-0.2, 0) is 16.6 Å². The summed E-state index contributed by atoms with van der Waals surface area (Å²) in [4.78, 5) is 16.7. The lowest BCUT2D eigenvalue weighted by Gasteiger charge is -2.22. The Morgan fingerprint density at radius 3 is 2.30 bits per heavy atom. The summed E-state index contributed by atoms with van der Waals surface area (Å²) >= 11 is 1.61. The van der Waals surface area contributed by atoms with E-state index in [4.69, 9.17) is 0 Å². The van der Waals surface area contributed by atoms with Gasteiger partial charge in [0.25, 0.3) is 0 Å². The van der Waals surface area contributed by atoms with E-state index in [0.717, 1.165) is 17.1 Å². The van der Waals surface area contributed by atoms with Crippen LogP contribution in [0.25, 0.3) is 0 Å². The first kappa shape index (κ1) is 17.4. The Kier molecular flexibility index (Phi) is 5.54. The van der Waals surface area contributed by atoms with E-state index >= 15 is 0 Å². The van der Waals surface area contributed by atoms with Gasteiger partial charge in [-0.25, -0.2) is 4.98 Å². The van der Waals surface area contributed by atoms with E-state index < -0.39 is 0 Å². The lowest BCUT2D eigenvalue weighted by Crippen LogP contribution is -2.15. The van der Waals surface area contributed by atoms with Gasteiger partial charge in [-0.1, -0.05) is 48.5 Å². The van der Waals surface area contributed by atoms with E-state index in [1.54, 1.807) is 11.3 Å². The first-order chi connectivity index (χ1) is 8.97. The molecule has 1 atom stereocenters. The molecule has 1 heterocycles. The highest BCUT2D eigenvalue weighted by molar-refractivity contribution is 7.09. The van der Waals surface area contributed by atoms with Gasteiger partial charge < -0.3 is 0 Å². The quantitative estimate of drug-likeness (QED) is 0.764. The molecule has 0 aliphatic heterocycles. The maximum atomic E-state index is 12.1. The van der Waals surface area contributed by atoms with Crippen LogP contribution >= 0.6 is 11.3 Å². The molecule has 0 amide bonds. The zero-order chi connectivity index (χ0) is 15.6. The molecule has 3 heteroatoms. The Labute approximate surface area is 128 Å². The molecule has 0 bridgehead atoms. The van der Waals surface area contributed by atoms with E-state index in [-0.39, 0.29) is 5.41 Å². The second-order valence-electron chi connectivity index (χ2n) is 8.17. The Balaban J connectivity index is 2.53. The van der Waals surface area contributed by atoms with Crippen molar-refractivity contribution in [1.82, 2.24) is 4.98 Å². The third-order valence-corrected chi connectivity index (χ3v) is 4.05. The third kappa shape index (κ3) is 6.17. The van der Waals surface area contributed by atoms with E-state index in [0.29, 0.717) is 30.0 Å². The molecule has 0 aliphatic rings. The Morgan fingerprint density at radius 2 is 1.85 bits per heavy atom. The Bertz CT molecular complexity index is 448. The molecule has 1 unspecified atom stereocenters. The minimum Gasteiger partial charge on any atom is -0.299 e. The molecule has 0 saturated heterocycles. The van der Waals surface area contributed by atoms with Crippen molar-refractivity contribution in [3.63, 3.8) is 0 Å². The van der Waals surface area contributed by atoms with Crippen LogP contribution in [0.2, 0.25) is 0 Å². The number of Topliss-reactive ketones (excluding diaryl/α,β-unsaturated/α-hetero) is 1. The fourth-order valence-electron chi connectivity index (χ4n) is 2.48. The second kappa shape index (κ2) is 6.38. The molecule has 0 fully saturated rings. The molecular weight excluding hydrogens is 266 g/mol. The van der Waals surface area contributed by atoms with Crippen LogP contribution in [0.15, 0.2) is 5.38 Å². The van der Waals surface area contributed by atoms with E-state index in [1.165, 1.54) is 0 Å². The topological polar surface area (TPSA) is 30.0 Å². The zero-order valence-electron chi connectivity index (χ0n) is 14.0. The average Bonchev–Trinajstić information content (AvgIpc) is 2.61. The summed E-state index contributed by atoms with van der Waals surface area (Å²) in [5.41, 5.74) is 1.45. The highest BCUT2D eigenvalue weighted by Crippen LogP contribution is 2.27. The summed E-state index contributed by atoms with van der Waals surface area (Å²) in [6.07, 6.45) is 2.25. The van der Waals surface area contributed by atoms with Crippen molar-refractivity contribution >= 4 is 17.1 Å². The molecule has 114 valence electrons. The fourth-order valence-corrected chi connectivity index (χ4v) is 3.53. The summed E-state index contributed by atoms with van der Waals surface area (Å²) in [5.74, 6) is 0.765. The van der Waals surface area contributed by atoms with Crippen LogP contribution in [0, 0.1) is 11.3 Å². The van der Waals surface area contributed by atoms with Crippen molar-refractivity contribution in [3.05, 3.63) is 16.1 Å². The number of hydrogen-bond acceptors (Lipinski definition) is 3. The van der Waals surface area contributed by atoms with Gasteiger partial charge in [0, 0.05) is 17.2 Å². The minimum absolute atomic E-state index is 0.0668. The summed E-state index contributed by atoms with van der Waals surface area (Å²) in [7, 11) is 0. The van der Waals surface area contributed by atoms with Gasteiger partial charge in [0.1, 0.15) is 10.8 Å². The molecule has 1 rings (SSSR count). The van der Waals surface area contributed by atoms with E-state index in [9.17, 15) is 4.79 Å². The molecule has 0 spiro atoms. The van der Waals surface area contributed by atoms with E-state index in [1.807, 2.05) is 0 Å². The zero-order valence-corrected chi connectivity index (χ0v) is 14.9. The molecule has 2 nitrogen and oxygen atoms in total. The SMILES string of the molecule is CC(CC(=O)Cc1nc(C(C)(C)C)cs1)CC(C)(C)C. The predicted molar refractivity (Wildman–Crippen MR) is 87.4 cm³/mol. The van der Waals surface area contributed by atoms with Gasteiger partial charge in [0.05, 0.1) is 12.1 Å². The number of carbonyl (C=O) groups excluding carboxylic acids is 1. The molecule has 1 aromatic heterocycles. The lowest BCUT2D eigenvalue weighted by atomic mass is 9.83. The summed E-state index contributed by atoms with van der Waals surface area (Å²) in [6.45, 7) is 15.3. The van der Waals surface area contributed by atoms with Crippen molar-refractivity contribution in [1.29, 1.82) is 0 Å². The van der Waals surface area contributed by atoms with Crippen molar-refractivity contribution in [3.8, 4) is 0 Å². The Morgan fingerprint density at radius 1 is 1.25 bits per heavy atom. The number of nitrogens with zero attached hydrogens (tertiary/aromatic N) is 1. The maximum Gasteiger partial charge on any atom is 0.139 e. The molecular formula is C17H29NOS. The van der Waals surface area contributed by atoms with Gasteiger partial charge in [-0.2, -0.15) is 0 Å². The normalized spacial score (nSPS) is 14.3. The number of carbonyl (C=O) groups is 1. The minimum atomic E-state index is 0.0668. The monoisotopic (exact) mass is 295 g/mol. The third-order valence-electron chi connectivity index (χ3n) is 3.21. The fraction of sp³-hybridized carbons (Fsp3) is 0.765. The second-order valence-corrected chi connectivity index (χ2v) is 9.11. The number of rotatable bonds is 5. The average molecular weight is 295 g/mol. The van der Waals surface area contributed by atoms with Gasteiger partial charge in [0.15, 0.2) is 0 Å². The van der Waals surface area contributed by atoms with Gasteiger partial charge in [-0.15, -0.1) is 11.3 Å². The lowest BCUT2D eigenvalue weighted by molar-refractivity contribution is -0.119. The molecule has 0 aliphatic carbocycles. The van der Waals surface area contributed by atoms with Crippen molar-refractivity contribution in [2.75, 3.05) is 0 Å². The number of aromatic nitrogens is 1. The van der Waals surface area contributed by atoms with Crippen LogP contribution < -0.4 is 0 Å². The van der Waals surface area contributed by atoms with Gasteiger partial charge in [-0.3, -0.25) is 4.79 Å². The molecule has 0 aromatic carbocycles. The van der Waals surface area contributed by atoms with Crippen molar-refractivity contribution < 1.29 is 4.79 Å². The maximum absolute atomic E-state index is 12.1. The first-order valence-corrected chi connectivity index (χ1v) is 8.32. The number of hydrogen-bond donors (Lipinski definition) is 0. The largest absolute Gasteiger partial charge is 0.299 e. The highest BCUT2D eigenvalue weighted by atomic mass is 32.1. The Hall–Kier alpha value is -0.700. The van der Waals surface area contributed by atoms with Crippen molar-refractivity contribution in [2.24, 2.45) is 11.3 Å². The van der Waals surface area contributed by atoms with Crippen molar-refractivity contribution in [2.45, 2.75) is 73.1 Å². The molecule has 1 aromatic rings. The van der Waals surface area contributed by atoms with Crippen LogP contribution in [0.1, 0.15) is 72.0 Å². The van der Waals surface area contributed by atoms with Crippen LogP contribution in [0.4, 0.5) is 0 Å². The summed E-state index contributed by atoms with van der Waals surface area (Å²) < 4.78 is 0. The van der Waals surface area contributed by atoms with Gasteiger partial charge in [-0.05, 0) is 17.8 Å². The van der Waals surface area contributed by atoms with Crippen LogP contribution in [0.3, 0.4) is 0 Å². The van der Waals surface area contributed by atoms with E-state index in [2.05, 4.69) is 58.8 Å². The first-order valence-electron chi connectivity index (χ1n) is 7.44. The molecule has 0 N–H and O–H groups in total. The highest BCUT2D eigenvalue weighted by Gasteiger charge is 2.20. The van der Waals surface area contributed by atoms with Crippen LogP contribution in [0.5, 0.6) is 0 Å². The number of ketones is 1. The standard InChI is InChI=1S/C17H29NOS/c1-12(10-16(2,3)4)8-13(19)9-15-18-14(11-20-15)17(5,6)7/h11-12H,8-10H2,1-7H3. The van der Waals surface area contributed by atoms with Crippen LogP contribution in [-0.4, -0.2) is 10.8 Å². The summed E-state index contributed by atoms with van der Waals surface area (Å²) in [5, 5.41) is 3.05. The predicted octanol–water partition coefficient (Wildman–Crippen LogP) is 5.01. The molecule has 0 saturated carbocycles. The van der Waals surface area contributed by atoms with Gasteiger partial charge >= 0.3 is 0 Å². The molecule has 0 radical (unpaired) electrons. The van der Waals surface area contributed by atoms with Gasteiger partial charge in [0.2, 0.25) is 0 Å². The summed E-state index contributed by atoms with van der Waals surface area (Å²) in [6, 6.07) is 0.